The predicted molar refractivity (Wildman–Crippen MR) is 108 cm³/mol. The van der Waals surface area contributed by atoms with Gasteiger partial charge >= 0.3 is 5.97 Å². The van der Waals surface area contributed by atoms with E-state index in [0.29, 0.717) is 22.6 Å². The van der Waals surface area contributed by atoms with E-state index >= 15 is 0 Å². The van der Waals surface area contributed by atoms with Gasteiger partial charge < -0.3 is 20.1 Å². The summed E-state index contributed by atoms with van der Waals surface area (Å²) in [6.07, 6.45) is 0. The maximum Gasteiger partial charge on any atom is 0.337 e. The number of ether oxygens (including phenoxy) is 2. The zero-order chi connectivity index (χ0) is 19.9. The molecule has 3 rings (SSSR count). The molecule has 0 aliphatic heterocycles. The van der Waals surface area contributed by atoms with Crippen LogP contribution in [0.15, 0.2) is 72.8 Å². The number of esters is 1. The summed E-state index contributed by atoms with van der Waals surface area (Å²) in [5, 5.41) is 6.06. The highest BCUT2D eigenvalue weighted by Crippen LogP contribution is 2.21. The van der Waals surface area contributed by atoms with E-state index in [1.807, 2.05) is 18.2 Å². The molecular weight excluding hydrogens is 356 g/mol. The van der Waals surface area contributed by atoms with Gasteiger partial charge in [-0.2, -0.15) is 0 Å². The zero-order valence-electron chi connectivity index (χ0n) is 15.6. The molecule has 28 heavy (non-hydrogen) atoms. The summed E-state index contributed by atoms with van der Waals surface area (Å²) in [6.45, 7) is 0. The lowest BCUT2D eigenvalue weighted by atomic mass is 10.2. The summed E-state index contributed by atoms with van der Waals surface area (Å²) in [4.78, 5) is 24.0. The average Bonchev–Trinajstić information content (AvgIpc) is 2.74. The summed E-state index contributed by atoms with van der Waals surface area (Å²) >= 11 is 0. The Kier molecular flexibility index (Phi) is 5.91. The highest BCUT2D eigenvalue weighted by Gasteiger charge is 2.08. The molecule has 142 valence electrons. The minimum absolute atomic E-state index is 0.217. The maximum absolute atomic E-state index is 12.4. The smallest absolute Gasteiger partial charge is 0.337 e. The molecule has 0 atom stereocenters. The molecule has 0 spiro atoms. The van der Waals surface area contributed by atoms with Gasteiger partial charge in [0.1, 0.15) is 5.75 Å². The van der Waals surface area contributed by atoms with Crippen LogP contribution in [-0.4, -0.2) is 26.1 Å². The van der Waals surface area contributed by atoms with Gasteiger partial charge in [0.15, 0.2) is 0 Å². The van der Waals surface area contributed by atoms with Crippen LogP contribution < -0.4 is 15.4 Å². The number of amides is 1. The van der Waals surface area contributed by atoms with Crippen molar-refractivity contribution >= 4 is 28.9 Å². The van der Waals surface area contributed by atoms with Crippen LogP contribution >= 0.6 is 0 Å². The molecule has 0 radical (unpaired) electrons. The molecule has 6 heteroatoms. The summed E-state index contributed by atoms with van der Waals surface area (Å²) < 4.78 is 9.87. The number of hydrogen-bond acceptors (Lipinski definition) is 5. The van der Waals surface area contributed by atoms with Gasteiger partial charge in [-0.15, -0.1) is 0 Å². The Balaban J connectivity index is 1.66. The number of hydrogen-bond donors (Lipinski definition) is 2. The average molecular weight is 376 g/mol. The third-order valence-electron chi connectivity index (χ3n) is 4.05. The summed E-state index contributed by atoms with van der Waals surface area (Å²) in [5.74, 6) is 0.0195. The van der Waals surface area contributed by atoms with Gasteiger partial charge in [-0.05, 0) is 60.7 Å². The minimum atomic E-state index is -0.390. The molecular formula is C22H20N2O4. The van der Waals surface area contributed by atoms with Crippen molar-refractivity contribution in [1.82, 2.24) is 0 Å². The first kappa shape index (κ1) is 19.0. The van der Waals surface area contributed by atoms with Crippen molar-refractivity contribution in [2.75, 3.05) is 24.9 Å². The molecule has 1 amide bonds. The van der Waals surface area contributed by atoms with Gasteiger partial charge in [0.2, 0.25) is 0 Å². The Morgan fingerprint density at radius 3 is 2.14 bits per heavy atom. The van der Waals surface area contributed by atoms with Crippen LogP contribution in [0.2, 0.25) is 0 Å². The number of carbonyl (C=O) groups excluding carboxylic acids is 2. The quantitative estimate of drug-likeness (QED) is 0.621. The molecule has 3 aromatic rings. The van der Waals surface area contributed by atoms with Crippen molar-refractivity contribution in [3.05, 3.63) is 83.9 Å². The van der Waals surface area contributed by atoms with Crippen LogP contribution in [0, 0.1) is 0 Å². The molecule has 0 aliphatic rings. The minimum Gasteiger partial charge on any atom is -0.497 e. The molecule has 0 aromatic heterocycles. The highest BCUT2D eigenvalue weighted by molar-refractivity contribution is 6.04. The van der Waals surface area contributed by atoms with Crippen LogP contribution in [0.25, 0.3) is 0 Å². The van der Waals surface area contributed by atoms with Gasteiger partial charge in [0.25, 0.3) is 5.91 Å². The van der Waals surface area contributed by atoms with E-state index in [2.05, 4.69) is 10.6 Å². The lowest BCUT2D eigenvalue weighted by Crippen LogP contribution is -2.11. The third-order valence-corrected chi connectivity index (χ3v) is 4.05. The number of carbonyl (C=O) groups is 2. The van der Waals surface area contributed by atoms with Gasteiger partial charge in [-0.3, -0.25) is 4.79 Å². The maximum atomic E-state index is 12.4. The standard InChI is InChI=1S/C22H20N2O4/c1-27-20-8-4-5-15(14-20)21(25)24-18-11-9-17(10-12-18)23-19-7-3-6-16(13-19)22(26)28-2/h3-14,23H,1-2H3,(H,24,25). The molecule has 0 heterocycles. The zero-order valence-corrected chi connectivity index (χ0v) is 15.6. The van der Waals surface area contributed by atoms with Crippen LogP contribution in [-0.2, 0) is 4.74 Å². The first-order valence-electron chi connectivity index (χ1n) is 8.60. The van der Waals surface area contributed by atoms with Crippen molar-refractivity contribution in [2.45, 2.75) is 0 Å². The van der Waals surface area contributed by atoms with E-state index in [1.54, 1.807) is 61.7 Å². The fourth-order valence-corrected chi connectivity index (χ4v) is 2.61. The van der Waals surface area contributed by atoms with E-state index in [9.17, 15) is 9.59 Å². The highest BCUT2D eigenvalue weighted by atomic mass is 16.5. The van der Waals surface area contributed by atoms with Crippen LogP contribution in [0.4, 0.5) is 17.1 Å². The summed E-state index contributed by atoms with van der Waals surface area (Å²) in [7, 11) is 2.91. The predicted octanol–water partition coefficient (Wildman–Crippen LogP) is 4.48. The van der Waals surface area contributed by atoms with Crippen LogP contribution in [0.3, 0.4) is 0 Å². The Labute approximate surface area is 163 Å². The Hall–Kier alpha value is -3.80. The van der Waals surface area contributed by atoms with Gasteiger partial charge in [-0.25, -0.2) is 4.79 Å². The van der Waals surface area contributed by atoms with E-state index in [1.165, 1.54) is 7.11 Å². The number of methoxy groups -OCH3 is 2. The molecule has 0 saturated heterocycles. The second-order valence-corrected chi connectivity index (χ2v) is 5.96. The fraction of sp³-hybridized carbons (Fsp3) is 0.0909. The van der Waals surface area contributed by atoms with E-state index in [4.69, 9.17) is 9.47 Å². The summed E-state index contributed by atoms with van der Waals surface area (Å²) in [5.41, 5.74) is 3.23. The Morgan fingerprint density at radius 1 is 0.750 bits per heavy atom. The SMILES string of the molecule is COC(=O)c1cccc(Nc2ccc(NC(=O)c3cccc(OC)c3)cc2)c1. The topological polar surface area (TPSA) is 76.7 Å². The largest absolute Gasteiger partial charge is 0.497 e. The van der Waals surface area contributed by atoms with Gasteiger partial charge in [0.05, 0.1) is 19.8 Å². The molecule has 0 saturated carbocycles. The normalized spacial score (nSPS) is 10.1. The molecule has 6 nitrogen and oxygen atoms in total. The third kappa shape index (κ3) is 4.67. The molecule has 3 aromatic carbocycles. The van der Waals surface area contributed by atoms with Crippen molar-refractivity contribution in [3.8, 4) is 5.75 Å². The van der Waals surface area contributed by atoms with E-state index < -0.39 is 0 Å². The Morgan fingerprint density at radius 2 is 1.43 bits per heavy atom. The molecule has 0 fully saturated rings. The van der Waals surface area contributed by atoms with Crippen molar-refractivity contribution in [2.24, 2.45) is 0 Å². The Bertz CT molecular complexity index is 984. The molecule has 0 aliphatic carbocycles. The first-order valence-corrected chi connectivity index (χ1v) is 8.60. The molecule has 2 N–H and O–H groups in total. The lowest BCUT2D eigenvalue weighted by Gasteiger charge is -2.10. The van der Waals surface area contributed by atoms with Gasteiger partial charge in [0, 0.05) is 22.6 Å². The fourth-order valence-electron chi connectivity index (χ4n) is 2.61. The van der Waals surface area contributed by atoms with Crippen LogP contribution in [0.1, 0.15) is 20.7 Å². The van der Waals surface area contributed by atoms with E-state index in [0.717, 1.165) is 11.4 Å². The lowest BCUT2D eigenvalue weighted by molar-refractivity contribution is 0.0600. The van der Waals surface area contributed by atoms with Crippen molar-refractivity contribution in [3.63, 3.8) is 0 Å². The van der Waals surface area contributed by atoms with Gasteiger partial charge in [-0.1, -0.05) is 12.1 Å². The molecule has 0 bridgehead atoms. The second-order valence-electron chi connectivity index (χ2n) is 5.96. The van der Waals surface area contributed by atoms with Crippen molar-refractivity contribution < 1.29 is 19.1 Å². The first-order chi connectivity index (χ1) is 13.6. The number of nitrogens with one attached hydrogen (secondary N) is 2. The van der Waals surface area contributed by atoms with E-state index in [-0.39, 0.29) is 11.9 Å². The van der Waals surface area contributed by atoms with Crippen molar-refractivity contribution in [1.29, 1.82) is 0 Å². The molecule has 0 unspecified atom stereocenters. The number of anilines is 3. The monoisotopic (exact) mass is 376 g/mol. The second kappa shape index (κ2) is 8.73. The number of rotatable bonds is 6. The number of benzene rings is 3. The van der Waals surface area contributed by atoms with Crippen LogP contribution in [0.5, 0.6) is 5.75 Å². The summed E-state index contributed by atoms with van der Waals surface area (Å²) in [6, 6.07) is 21.3.